The van der Waals surface area contributed by atoms with E-state index in [2.05, 4.69) is 44.7 Å². The Hall–Kier alpha value is -2.05. The number of anilines is 1. The number of piperidine rings is 1. The molecular weight excluding hydrogens is 354 g/mol. The van der Waals surface area contributed by atoms with Crippen molar-refractivity contribution >= 4 is 27.4 Å². The Labute approximate surface area is 164 Å². The van der Waals surface area contributed by atoms with Crippen LogP contribution in [0.2, 0.25) is 0 Å². The number of likely N-dealkylation sites (tertiary alicyclic amines) is 1. The van der Waals surface area contributed by atoms with E-state index in [-0.39, 0.29) is 0 Å². The maximum atomic E-state index is 4.66. The SMILES string of the molecule is Cc1sc2ncnc(N3CCC(N4CC(c5cccnc5)C4)CC3)c2c1C. The Bertz CT molecular complexity index is 940. The lowest BCUT2D eigenvalue weighted by atomic mass is 9.89. The Morgan fingerprint density at radius 1 is 1.11 bits per heavy atom. The van der Waals surface area contributed by atoms with Crippen LogP contribution in [-0.2, 0) is 0 Å². The molecule has 0 aromatic carbocycles. The van der Waals surface area contributed by atoms with Gasteiger partial charge >= 0.3 is 0 Å². The number of hydrogen-bond donors (Lipinski definition) is 0. The lowest BCUT2D eigenvalue weighted by molar-refractivity contribution is 0.0764. The maximum Gasteiger partial charge on any atom is 0.141 e. The van der Waals surface area contributed by atoms with Gasteiger partial charge in [-0.15, -0.1) is 11.3 Å². The highest BCUT2D eigenvalue weighted by molar-refractivity contribution is 7.18. The molecule has 6 heteroatoms. The van der Waals surface area contributed by atoms with E-state index in [0.29, 0.717) is 12.0 Å². The van der Waals surface area contributed by atoms with Crippen LogP contribution in [0.5, 0.6) is 0 Å². The molecule has 0 bridgehead atoms. The van der Waals surface area contributed by atoms with Gasteiger partial charge in [0.15, 0.2) is 0 Å². The number of fused-ring (bicyclic) bond motifs is 1. The predicted octanol–water partition coefficient (Wildman–Crippen LogP) is 3.77. The Morgan fingerprint density at radius 2 is 1.93 bits per heavy atom. The Morgan fingerprint density at radius 3 is 2.67 bits per heavy atom. The van der Waals surface area contributed by atoms with Crippen molar-refractivity contribution in [2.75, 3.05) is 31.1 Å². The third-order valence-electron chi connectivity index (χ3n) is 6.29. The summed E-state index contributed by atoms with van der Waals surface area (Å²) >= 11 is 1.78. The second kappa shape index (κ2) is 6.84. The molecule has 2 saturated heterocycles. The summed E-state index contributed by atoms with van der Waals surface area (Å²) < 4.78 is 0. The van der Waals surface area contributed by atoms with Gasteiger partial charge in [-0.05, 0) is 43.9 Å². The lowest BCUT2D eigenvalue weighted by Gasteiger charge is -2.47. The molecule has 0 atom stereocenters. The molecule has 5 heterocycles. The van der Waals surface area contributed by atoms with Crippen molar-refractivity contribution in [3.63, 3.8) is 0 Å². The molecule has 5 rings (SSSR count). The summed E-state index contributed by atoms with van der Waals surface area (Å²) in [6, 6.07) is 4.97. The first-order chi connectivity index (χ1) is 13.2. The molecule has 27 heavy (non-hydrogen) atoms. The van der Waals surface area contributed by atoms with E-state index in [4.69, 9.17) is 0 Å². The Kier molecular flexibility index (Phi) is 4.32. The normalized spacial score (nSPS) is 19.6. The molecule has 2 aliphatic heterocycles. The van der Waals surface area contributed by atoms with Crippen molar-refractivity contribution in [2.45, 2.75) is 38.6 Å². The standard InChI is InChI=1S/C21H25N5S/c1-14-15(2)27-21-19(14)20(23-13-24-21)25-8-5-18(6-9-25)26-11-17(12-26)16-4-3-7-22-10-16/h3-4,7,10,13,17-18H,5-6,8-9,11-12H2,1-2H3. The quantitative estimate of drug-likeness (QED) is 0.693. The van der Waals surface area contributed by atoms with E-state index in [1.54, 1.807) is 17.7 Å². The van der Waals surface area contributed by atoms with Crippen LogP contribution >= 0.6 is 11.3 Å². The van der Waals surface area contributed by atoms with Crippen LogP contribution < -0.4 is 4.90 Å². The molecular formula is C21H25N5S. The summed E-state index contributed by atoms with van der Waals surface area (Å²) in [5.41, 5.74) is 2.73. The van der Waals surface area contributed by atoms with Gasteiger partial charge in [-0.3, -0.25) is 9.88 Å². The number of pyridine rings is 1. The van der Waals surface area contributed by atoms with Crippen molar-refractivity contribution in [1.82, 2.24) is 19.9 Å². The number of hydrogen-bond acceptors (Lipinski definition) is 6. The third-order valence-corrected chi connectivity index (χ3v) is 7.41. The largest absolute Gasteiger partial charge is 0.356 e. The van der Waals surface area contributed by atoms with E-state index in [0.717, 1.165) is 23.7 Å². The zero-order valence-electron chi connectivity index (χ0n) is 15.9. The molecule has 0 amide bonds. The molecule has 0 aliphatic carbocycles. The zero-order valence-corrected chi connectivity index (χ0v) is 16.7. The molecule has 0 spiro atoms. The molecule has 0 unspecified atom stereocenters. The van der Waals surface area contributed by atoms with Crippen LogP contribution in [-0.4, -0.2) is 52.1 Å². The van der Waals surface area contributed by atoms with Crippen molar-refractivity contribution in [2.24, 2.45) is 0 Å². The van der Waals surface area contributed by atoms with Crippen molar-refractivity contribution < 1.29 is 0 Å². The number of rotatable bonds is 3. The number of aryl methyl sites for hydroxylation is 2. The molecule has 2 fully saturated rings. The van der Waals surface area contributed by atoms with Crippen LogP contribution in [0, 0.1) is 13.8 Å². The first kappa shape index (κ1) is 17.1. The molecule has 0 saturated carbocycles. The summed E-state index contributed by atoms with van der Waals surface area (Å²) in [6.45, 7) is 8.90. The lowest BCUT2D eigenvalue weighted by Crippen LogP contribution is -2.54. The smallest absolute Gasteiger partial charge is 0.141 e. The summed E-state index contributed by atoms with van der Waals surface area (Å²) in [7, 11) is 0. The second-order valence-corrected chi connectivity index (χ2v) is 9.02. The van der Waals surface area contributed by atoms with Gasteiger partial charge < -0.3 is 4.90 Å². The highest BCUT2D eigenvalue weighted by atomic mass is 32.1. The zero-order chi connectivity index (χ0) is 18.4. The third kappa shape index (κ3) is 3.01. The molecule has 2 aliphatic rings. The fourth-order valence-corrected chi connectivity index (χ4v) is 5.48. The fourth-order valence-electron chi connectivity index (χ4n) is 4.49. The van der Waals surface area contributed by atoms with E-state index >= 15 is 0 Å². The van der Waals surface area contributed by atoms with E-state index < -0.39 is 0 Å². The molecule has 3 aromatic rings. The van der Waals surface area contributed by atoms with Gasteiger partial charge in [0.05, 0.1) is 5.39 Å². The molecule has 3 aromatic heterocycles. The van der Waals surface area contributed by atoms with Gasteiger partial charge in [0.1, 0.15) is 17.0 Å². The van der Waals surface area contributed by atoms with Gasteiger partial charge in [0.25, 0.3) is 0 Å². The summed E-state index contributed by atoms with van der Waals surface area (Å²) in [5, 5.41) is 1.26. The van der Waals surface area contributed by atoms with Crippen LogP contribution in [0.4, 0.5) is 5.82 Å². The van der Waals surface area contributed by atoms with Gasteiger partial charge in [-0.25, -0.2) is 9.97 Å². The van der Waals surface area contributed by atoms with Gasteiger partial charge in [0.2, 0.25) is 0 Å². The second-order valence-electron chi connectivity index (χ2n) is 7.82. The van der Waals surface area contributed by atoms with Gasteiger partial charge in [0, 0.05) is 55.4 Å². The first-order valence-corrected chi connectivity index (χ1v) is 10.6. The van der Waals surface area contributed by atoms with Crippen molar-refractivity contribution in [1.29, 1.82) is 0 Å². The van der Waals surface area contributed by atoms with Crippen LogP contribution in [0.15, 0.2) is 30.9 Å². The van der Waals surface area contributed by atoms with Gasteiger partial charge in [-0.1, -0.05) is 6.07 Å². The van der Waals surface area contributed by atoms with Gasteiger partial charge in [-0.2, -0.15) is 0 Å². The summed E-state index contributed by atoms with van der Waals surface area (Å²) in [5.74, 6) is 1.80. The van der Waals surface area contributed by atoms with E-state index in [9.17, 15) is 0 Å². The topological polar surface area (TPSA) is 45.2 Å². The summed E-state index contributed by atoms with van der Waals surface area (Å²) in [4.78, 5) is 21.0. The number of aromatic nitrogens is 3. The van der Waals surface area contributed by atoms with E-state index in [1.807, 2.05) is 18.5 Å². The molecule has 5 nitrogen and oxygen atoms in total. The average molecular weight is 380 g/mol. The van der Waals surface area contributed by atoms with Crippen LogP contribution in [0.25, 0.3) is 10.2 Å². The molecule has 0 N–H and O–H groups in total. The highest BCUT2D eigenvalue weighted by Gasteiger charge is 2.35. The number of nitrogens with zero attached hydrogens (tertiary/aromatic N) is 5. The first-order valence-electron chi connectivity index (χ1n) is 9.80. The predicted molar refractivity (Wildman–Crippen MR) is 111 cm³/mol. The minimum atomic E-state index is 0.662. The highest BCUT2D eigenvalue weighted by Crippen LogP contribution is 2.36. The number of thiophene rings is 1. The van der Waals surface area contributed by atoms with Crippen molar-refractivity contribution in [3.8, 4) is 0 Å². The average Bonchev–Trinajstić information content (AvgIpc) is 2.96. The van der Waals surface area contributed by atoms with Crippen molar-refractivity contribution in [3.05, 3.63) is 46.9 Å². The Balaban J connectivity index is 1.24. The minimum Gasteiger partial charge on any atom is -0.356 e. The molecule has 0 radical (unpaired) electrons. The minimum absolute atomic E-state index is 0.662. The van der Waals surface area contributed by atoms with Crippen LogP contribution in [0.3, 0.4) is 0 Å². The maximum absolute atomic E-state index is 4.66. The van der Waals surface area contributed by atoms with Crippen LogP contribution in [0.1, 0.15) is 34.8 Å². The van der Waals surface area contributed by atoms with E-state index in [1.165, 1.54) is 47.3 Å². The monoisotopic (exact) mass is 379 g/mol. The summed E-state index contributed by atoms with van der Waals surface area (Å²) in [6.07, 6.45) is 8.04. The fraction of sp³-hybridized carbons (Fsp3) is 0.476. The molecule has 140 valence electrons.